The number of nitrogens with zero attached hydrogens (tertiary/aromatic N) is 2. The van der Waals surface area contributed by atoms with Crippen LogP contribution >= 0.6 is 11.6 Å². The predicted molar refractivity (Wildman–Crippen MR) is 92.7 cm³/mol. The smallest absolute Gasteiger partial charge is 0.229 e. The van der Waals surface area contributed by atoms with Gasteiger partial charge in [-0.15, -0.1) is 0 Å². The van der Waals surface area contributed by atoms with Crippen LogP contribution in [-0.2, 0) is 4.79 Å². The summed E-state index contributed by atoms with van der Waals surface area (Å²) in [5.41, 5.74) is 3.06. The second kappa shape index (κ2) is 6.05. The molecule has 118 valence electrons. The van der Waals surface area contributed by atoms with Crippen LogP contribution in [-0.4, -0.2) is 17.9 Å². The van der Waals surface area contributed by atoms with Crippen LogP contribution in [0.1, 0.15) is 13.8 Å². The Kier molecular flexibility index (Phi) is 4.09. The second-order valence-electron chi connectivity index (χ2n) is 5.73. The number of carbonyl (C=O) groups is 1. The third-order valence-electron chi connectivity index (χ3n) is 3.67. The van der Waals surface area contributed by atoms with Gasteiger partial charge in [-0.2, -0.15) is 0 Å². The Morgan fingerprint density at radius 3 is 2.52 bits per heavy atom. The van der Waals surface area contributed by atoms with Crippen molar-refractivity contribution in [1.82, 2.24) is 4.98 Å². The van der Waals surface area contributed by atoms with E-state index in [9.17, 15) is 4.79 Å². The molecule has 0 spiro atoms. The number of halogens is 1. The van der Waals surface area contributed by atoms with E-state index in [2.05, 4.69) is 4.98 Å². The number of hydrogen-bond acceptors (Lipinski definition) is 3. The molecule has 0 aliphatic rings. The van der Waals surface area contributed by atoms with Gasteiger partial charge in [0.25, 0.3) is 0 Å². The van der Waals surface area contributed by atoms with Crippen LogP contribution in [0.3, 0.4) is 0 Å². The molecule has 4 nitrogen and oxygen atoms in total. The van der Waals surface area contributed by atoms with Gasteiger partial charge in [0.2, 0.25) is 11.8 Å². The topological polar surface area (TPSA) is 46.3 Å². The summed E-state index contributed by atoms with van der Waals surface area (Å²) >= 11 is 5.90. The maximum atomic E-state index is 12.1. The van der Waals surface area contributed by atoms with E-state index in [1.54, 1.807) is 24.1 Å². The molecule has 3 aromatic rings. The number of benzene rings is 2. The normalized spacial score (nSPS) is 11.2. The van der Waals surface area contributed by atoms with Crippen molar-refractivity contribution in [1.29, 1.82) is 0 Å². The van der Waals surface area contributed by atoms with Gasteiger partial charge in [0.1, 0.15) is 5.52 Å². The fourth-order valence-electron chi connectivity index (χ4n) is 2.35. The van der Waals surface area contributed by atoms with Crippen LogP contribution in [0.4, 0.5) is 5.69 Å². The lowest BCUT2D eigenvalue weighted by Crippen LogP contribution is -2.30. The van der Waals surface area contributed by atoms with Crippen molar-refractivity contribution in [3.63, 3.8) is 0 Å². The molecule has 0 bridgehead atoms. The van der Waals surface area contributed by atoms with Crippen LogP contribution in [0.2, 0.25) is 5.02 Å². The molecule has 0 unspecified atom stereocenters. The summed E-state index contributed by atoms with van der Waals surface area (Å²) in [6, 6.07) is 12.9. The van der Waals surface area contributed by atoms with E-state index in [1.807, 2.05) is 44.2 Å². The fraction of sp³-hybridized carbons (Fsp3) is 0.222. The van der Waals surface area contributed by atoms with Crippen LogP contribution in [0, 0.1) is 5.92 Å². The lowest BCUT2D eigenvalue weighted by molar-refractivity contribution is -0.121. The molecule has 0 saturated carbocycles. The lowest BCUT2D eigenvalue weighted by atomic mass is 10.2. The summed E-state index contributed by atoms with van der Waals surface area (Å²) < 4.78 is 5.78. The van der Waals surface area contributed by atoms with Crippen molar-refractivity contribution in [3.8, 4) is 11.5 Å². The van der Waals surface area contributed by atoms with E-state index in [-0.39, 0.29) is 11.8 Å². The van der Waals surface area contributed by atoms with E-state index in [0.717, 1.165) is 16.8 Å². The molecule has 2 aromatic carbocycles. The summed E-state index contributed by atoms with van der Waals surface area (Å²) in [4.78, 5) is 18.3. The minimum atomic E-state index is -0.0577. The molecule has 0 fully saturated rings. The molecule has 3 rings (SSSR count). The van der Waals surface area contributed by atoms with Crippen molar-refractivity contribution in [2.24, 2.45) is 5.92 Å². The van der Waals surface area contributed by atoms with Crippen LogP contribution in [0.5, 0.6) is 0 Å². The molecule has 1 aromatic heterocycles. The number of aromatic nitrogens is 1. The van der Waals surface area contributed by atoms with Gasteiger partial charge in [0.15, 0.2) is 5.58 Å². The van der Waals surface area contributed by atoms with Crippen molar-refractivity contribution < 1.29 is 9.21 Å². The van der Waals surface area contributed by atoms with Crippen molar-refractivity contribution in [3.05, 3.63) is 47.5 Å². The Labute approximate surface area is 139 Å². The summed E-state index contributed by atoms with van der Waals surface area (Å²) in [6.45, 7) is 3.76. The number of amides is 1. The highest BCUT2D eigenvalue weighted by Gasteiger charge is 2.16. The number of fused-ring (bicyclic) bond motifs is 1. The van der Waals surface area contributed by atoms with Gasteiger partial charge in [-0.05, 0) is 42.5 Å². The first-order chi connectivity index (χ1) is 11.0. The van der Waals surface area contributed by atoms with Crippen LogP contribution in [0.15, 0.2) is 46.9 Å². The monoisotopic (exact) mass is 328 g/mol. The molecule has 23 heavy (non-hydrogen) atoms. The van der Waals surface area contributed by atoms with Gasteiger partial charge < -0.3 is 9.32 Å². The molecule has 0 aliphatic heterocycles. The average Bonchev–Trinajstić information content (AvgIpc) is 2.97. The Bertz CT molecular complexity index is 853. The van der Waals surface area contributed by atoms with Gasteiger partial charge in [0, 0.05) is 29.2 Å². The fourth-order valence-corrected chi connectivity index (χ4v) is 2.48. The number of oxazole rings is 1. The third kappa shape index (κ3) is 3.08. The van der Waals surface area contributed by atoms with Gasteiger partial charge in [-0.1, -0.05) is 25.4 Å². The number of anilines is 1. The van der Waals surface area contributed by atoms with Gasteiger partial charge in [-0.25, -0.2) is 4.98 Å². The minimum absolute atomic E-state index is 0.0577. The van der Waals surface area contributed by atoms with Crippen LogP contribution < -0.4 is 4.90 Å². The zero-order valence-corrected chi connectivity index (χ0v) is 14.0. The predicted octanol–water partition coefficient (Wildman–Crippen LogP) is 4.77. The SMILES string of the molecule is CC(C)C(=O)N(C)c1ccc2oc(-c3ccc(Cl)cc3)nc2c1. The Balaban J connectivity index is 1.98. The maximum Gasteiger partial charge on any atom is 0.229 e. The first-order valence-corrected chi connectivity index (χ1v) is 7.77. The van der Waals surface area contributed by atoms with E-state index in [1.165, 1.54) is 0 Å². The first kappa shape index (κ1) is 15.6. The highest BCUT2D eigenvalue weighted by Crippen LogP contribution is 2.28. The van der Waals surface area contributed by atoms with Gasteiger partial charge >= 0.3 is 0 Å². The summed E-state index contributed by atoms with van der Waals surface area (Å²) in [5.74, 6) is 0.537. The van der Waals surface area contributed by atoms with E-state index >= 15 is 0 Å². The zero-order chi connectivity index (χ0) is 16.6. The minimum Gasteiger partial charge on any atom is -0.436 e. The summed E-state index contributed by atoms with van der Waals surface area (Å²) in [5, 5.41) is 0.668. The molecule has 1 heterocycles. The summed E-state index contributed by atoms with van der Waals surface area (Å²) in [7, 11) is 1.77. The van der Waals surface area contributed by atoms with Gasteiger partial charge in [0.05, 0.1) is 0 Å². The first-order valence-electron chi connectivity index (χ1n) is 7.40. The quantitative estimate of drug-likeness (QED) is 0.696. The van der Waals surface area contributed by atoms with E-state index in [0.29, 0.717) is 16.5 Å². The number of hydrogen-bond donors (Lipinski definition) is 0. The molecular formula is C18H17ClN2O2. The highest BCUT2D eigenvalue weighted by molar-refractivity contribution is 6.30. The number of rotatable bonds is 3. The molecule has 1 amide bonds. The third-order valence-corrected chi connectivity index (χ3v) is 3.93. The van der Waals surface area contributed by atoms with Crippen molar-refractivity contribution in [2.45, 2.75) is 13.8 Å². The van der Waals surface area contributed by atoms with Crippen molar-refractivity contribution in [2.75, 3.05) is 11.9 Å². The molecule has 0 atom stereocenters. The molecule has 0 radical (unpaired) electrons. The molecule has 0 aliphatic carbocycles. The number of carbonyl (C=O) groups excluding carboxylic acids is 1. The van der Waals surface area contributed by atoms with Crippen LogP contribution in [0.25, 0.3) is 22.6 Å². The molecule has 5 heteroatoms. The zero-order valence-electron chi connectivity index (χ0n) is 13.2. The standard InChI is InChI=1S/C18H17ClN2O2/c1-11(2)18(22)21(3)14-8-9-16-15(10-14)20-17(23-16)12-4-6-13(19)7-5-12/h4-11H,1-3H3. The van der Waals surface area contributed by atoms with Crippen molar-refractivity contribution >= 4 is 34.3 Å². The highest BCUT2D eigenvalue weighted by atomic mass is 35.5. The van der Waals surface area contributed by atoms with E-state index in [4.69, 9.17) is 16.0 Å². The maximum absolute atomic E-state index is 12.1. The Hall–Kier alpha value is -2.33. The molecular weight excluding hydrogens is 312 g/mol. The second-order valence-corrected chi connectivity index (χ2v) is 6.17. The largest absolute Gasteiger partial charge is 0.436 e. The molecule has 0 saturated heterocycles. The van der Waals surface area contributed by atoms with E-state index < -0.39 is 0 Å². The Morgan fingerprint density at radius 1 is 1.17 bits per heavy atom. The van der Waals surface area contributed by atoms with Gasteiger partial charge in [-0.3, -0.25) is 4.79 Å². The Morgan fingerprint density at radius 2 is 1.87 bits per heavy atom. The lowest BCUT2D eigenvalue weighted by Gasteiger charge is -2.19. The summed E-state index contributed by atoms with van der Waals surface area (Å²) in [6.07, 6.45) is 0. The average molecular weight is 329 g/mol. The molecule has 0 N–H and O–H groups in total.